The third kappa shape index (κ3) is 4.99. The Morgan fingerprint density at radius 2 is 2.35 bits per heavy atom. The van der Waals surface area contributed by atoms with Gasteiger partial charge in [-0.2, -0.15) is 0 Å². The van der Waals surface area contributed by atoms with Gasteiger partial charge in [-0.15, -0.1) is 0 Å². The number of nitrogens with one attached hydrogen (secondary N) is 1. The van der Waals surface area contributed by atoms with Crippen LogP contribution in [0.2, 0.25) is 0 Å². The molecule has 1 rings (SSSR count). The van der Waals surface area contributed by atoms with Gasteiger partial charge in [-0.25, -0.2) is 0 Å². The third-order valence-electron chi connectivity index (χ3n) is 2.21. The summed E-state index contributed by atoms with van der Waals surface area (Å²) in [5.74, 6) is -0.124. The maximum atomic E-state index is 11.6. The van der Waals surface area contributed by atoms with Crippen molar-refractivity contribution in [2.75, 3.05) is 13.1 Å². The van der Waals surface area contributed by atoms with Gasteiger partial charge < -0.3 is 5.32 Å². The molecule has 1 aromatic heterocycles. The van der Waals surface area contributed by atoms with Crippen molar-refractivity contribution in [3.05, 3.63) is 40.0 Å². The molecule has 0 aromatic carbocycles. The Balaban J connectivity index is 2.25. The van der Waals surface area contributed by atoms with Crippen LogP contribution in [0, 0.1) is 6.92 Å². The number of hydrogen-bond acceptors (Lipinski definition) is 3. The van der Waals surface area contributed by atoms with Gasteiger partial charge in [-0.05, 0) is 37.4 Å². The highest BCUT2D eigenvalue weighted by molar-refractivity contribution is 5.93. The fraction of sp³-hybridized carbons (Fsp3) is 0.455. The van der Waals surface area contributed by atoms with E-state index in [9.17, 15) is 4.79 Å². The van der Waals surface area contributed by atoms with Crippen LogP contribution >= 0.6 is 0 Å². The monoisotopic (exact) mass is 233 g/mol. The summed E-state index contributed by atoms with van der Waals surface area (Å²) in [5.41, 5.74) is 9.51. The zero-order valence-electron chi connectivity index (χ0n) is 9.76. The predicted molar refractivity (Wildman–Crippen MR) is 64.6 cm³/mol. The molecule has 1 N–H and O–H groups in total. The highest BCUT2D eigenvalue weighted by Gasteiger charge is 2.03. The number of aromatic nitrogens is 1. The molecule has 6 nitrogen and oxygen atoms in total. The summed E-state index contributed by atoms with van der Waals surface area (Å²) in [6.45, 7) is 2.92. The summed E-state index contributed by atoms with van der Waals surface area (Å²) in [6.07, 6.45) is 3.13. The molecule has 0 bridgehead atoms. The lowest BCUT2D eigenvalue weighted by Gasteiger charge is -2.04. The molecule has 17 heavy (non-hydrogen) atoms. The number of unbranched alkanes of at least 4 members (excludes halogenated alkanes) is 1. The smallest absolute Gasteiger partial charge is 0.252 e. The third-order valence-corrected chi connectivity index (χ3v) is 2.21. The lowest BCUT2D eigenvalue weighted by molar-refractivity contribution is 0.0952. The number of rotatable bonds is 6. The van der Waals surface area contributed by atoms with E-state index in [0.717, 1.165) is 18.5 Å². The minimum Gasteiger partial charge on any atom is -0.352 e. The van der Waals surface area contributed by atoms with Crippen LogP contribution in [0.1, 0.15) is 28.9 Å². The zero-order chi connectivity index (χ0) is 12.5. The predicted octanol–water partition coefficient (Wildman–Crippen LogP) is 2.21. The van der Waals surface area contributed by atoms with Crippen molar-refractivity contribution < 1.29 is 4.79 Å². The molecule has 0 saturated heterocycles. The van der Waals surface area contributed by atoms with Gasteiger partial charge in [0, 0.05) is 29.9 Å². The van der Waals surface area contributed by atoms with Gasteiger partial charge in [0.15, 0.2) is 0 Å². The van der Waals surface area contributed by atoms with Crippen LogP contribution < -0.4 is 5.32 Å². The van der Waals surface area contributed by atoms with Crippen LogP contribution in [-0.2, 0) is 0 Å². The van der Waals surface area contributed by atoms with E-state index >= 15 is 0 Å². The summed E-state index contributed by atoms with van der Waals surface area (Å²) in [5, 5.41) is 6.20. The first-order chi connectivity index (χ1) is 8.24. The number of aryl methyl sites for hydroxylation is 1. The largest absolute Gasteiger partial charge is 0.352 e. The average molecular weight is 233 g/mol. The molecule has 0 spiro atoms. The van der Waals surface area contributed by atoms with E-state index in [1.165, 1.54) is 0 Å². The fourth-order valence-electron chi connectivity index (χ4n) is 1.26. The van der Waals surface area contributed by atoms with E-state index in [0.29, 0.717) is 18.7 Å². The summed E-state index contributed by atoms with van der Waals surface area (Å²) < 4.78 is 0. The molecular weight excluding hydrogens is 218 g/mol. The Hall–Kier alpha value is -2.07. The SMILES string of the molecule is Cc1ccc(C(=O)NCCCCN=[N+]=[N-])cn1. The minimum atomic E-state index is -0.124. The normalized spacial score (nSPS) is 9.47. The average Bonchev–Trinajstić information content (AvgIpc) is 2.34. The van der Waals surface area contributed by atoms with E-state index in [1.54, 1.807) is 18.3 Å². The highest BCUT2D eigenvalue weighted by atomic mass is 16.1. The number of hydrogen-bond donors (Lipinski definition) is 1. The first-order valence-corrected chi connectivity index (χ1v) is 5.46. The van der Waals surface area contributed by atoms with Gasteiger partial charge in [0.25, 0.3) is 5.91 Å². The molecule has 90 valence electrons. The molecule has 0 unspecified atom stereocenters. The second-order valence-corrected chi connectivity index (χ2v) is 3.61. The van der Waals surface area contributed by atoms with Gasteiger partial charge in [0.1, 0.15) is 0 Å². The van der Waals surface area contributed by atoms with E-state index in [-0.39, 0.29) is 5.91 Å². The molecule has 1 heterocycles. The molecule has 0 aliphatic heterocycles. The Morgan fingerprint density at radius 3 is 3.00 bits per heavy atom. The fourth-order valence-corrected chi connectivity index (χ4v) is 1.26. The van der Waals surface area contributed by atoms with Crippen molar-refractivity contribution >= 4 is 5.91 Å². The Bertz CT molecular complexity index is 408. The summed E-state index contributed by atoms with van der Waals surface area (Å²) in [7, 11) is 0. The molecule has 1 amide bonds. The minimum absolute atomic E-state index is 0.124. The van der Waals surface area contributed by atoms with Crippen LogP contribution in [0.5, 0.6) is 0 Å². The summed E-state index contributed by atoms with van der Waals surface area (Å²) in [6, 6.07) is 3.55. The van der Waals surface area contributed by atoms with Crippen molar-refractivity contribution in [1.82, 2.24) is 10.3 Å². The molecule has 6 heteroatoms. The van der Waals surface area contributed by atoms with E-state index < -0.39 is 0 Å². The van der Waals surface area contributed by atoms with Crippen LogP contribution in [0.4, 0.5) is 0 Å². The van der Waals surface area contributed by atoms with E-state index in [2.05, 4.69) is 20.3 Å². The van der Waals surface area contributed by atoms with Crippen LogP contribution in [0.25, 0.3) is 10.4 Å². The maximum Gasteiger partial charge on any atom is 0.252 e. The van der Waals surface area contributed by atoms with Crippen LogP contribution in [0.3, 0.4) is 0 Å². The molecule has 0 aliphatic rings. The lowest BCUT2D eigenvalue weighted by Crippen LogP contribution is -2.24. The molecular formula is C11H15N5O. The molecule has 0 fully saturated rings. The number of pyridine rings is 1. The van der Waals surface area contributed by atoms with Crippen molar-refractivity contribution in [1.29, 1.82) is 0 Å². The van der Waals surface area contributed by atoms with E-state index in [4.69, 9.17) is 5.53 Å². The first-order valence-electron chi connectivity index (χ1n) is 5.46. The Kier molecular flexibility index (Phi) is 5.54. The quantitative estimate of drug-likeness (QED) is 0.353. The number of amides is 1. The Labute approximate surface area is 99.7 Å². The lowest BCUT2D eigenvalue weighted by atomic mass is 10.2. The number of nitrogens with zero attached hydrogens (tertiary/aromatic N) is 4. The van der Waals surface area contributed by atoms with Crippen molar-refractivity contribution in [3.63, 3.8) is 0 Å². The van der Waals surface area contributed by atoms with E-state index in [1.807, 2.05) is 6.92 Å². The second-order valence-electron chi connectivity index (χ2n) is 3.61. The second kappa shape index (κ2) is 7.24. The molecule has 0 atom stereocenters. The first kappa shape index (κ1) is 13.0. The maximum absolute atomic E-state index is 11.6. The summed E-state index contributed by atoms with van der Waals surface area (Å²) >= 11 is 0. The van der Waals surface area contributed by atoms with Crippen molar-refractivity contribution in [3.8, 4) is 0 Å². The zero-order valence-corrected chi connectivity index (χ0v) is 9.76. The van der Waals surface area contributed by atoms with Gasteiger partial charge in [-0.3, -0.25) is 9.78 Å². The van der Waals surface area contributed by atoms with Gasteiger partial charge in [-0.1, -0.05) is 5.11 Å². The molecule has 0 aliphatic carbocycles. The molecule has 0 saturated carbocycles. The highest BCUT2D eigenvalue weighted by Crippen LogP contribution is 1.99. The van der Waals surface area contributed by atoms with Gasteiger partial charge >= 0.3 is 0 Å². The number of carbonyl (C=O) groups is 1. The molecule has 0 radical (unpaired) electrons. The standard InChI is InChI=1S/C11H15N5O/c1-9-4-5-10(8-14-9)11(17)13-6-2-3-7-15-16-12/h4-5,8H,2-3,6-7H2,1H3,(H,13,17). The molecule has 1 aromatic rings. The topological polar surface area (TPSA) is 90.8 Å². The number of azide groups is 1. The van der Waals surface area contributed by atoms with Gasteiger partial charge in [0.05, 0.1) is 5.56 Å². The van der Waals surface area contributed by atoms with Gasteiger partial charge in [0.2, 0.25) is 0 Å². The summed E-state index contributed by atoms with van der Waals surface area (Å²) in [4.78, 5) is 18.3. The van der Waals surface area contributed by atoms with Crippen molar-refractivity contribution in [2.24, 2.45) is 5.11 Å². The van der Waals surface area contributed by atoms with Crippen molar-refractivity contribution in [2.45, 2.75) is 19.8 Å². The van der Waals surface area contributed by atoms with Crippen LogP contribution in [0.15, 0.2) is 23.4 Å². The van der Waals surface area contributed by atoms with Crippen LogP contribution in [-0.4, -0.2) is 24.0 Å². The number of carbonyl (C=O) groups excluding carboxylic acids is 1. The Morgan fingerprint density at radius 1 is 1.53 bits per heavy atom.